The monoisotopic (exact) mass is 329 g/mol. The fourth-order valence-electron chi connectivity index (χ4n) is 2.34. The molecule has 2 aromatic heterocycles. The molecule has 10 heteroatoms. The maximum Gasteiger partial charge on any atom is 0.271 e. The van der Waals surface area contributed by atoms with Crippen LogP contribution in [0.3, 0.4) is 0 Å². The second-order valence-electron chi connectivity index (χ2n) is 5.31. The molecule has 124 valence electrons. The van der Waals surface area contributed by atoms with Crippen molar-refractivity contribution in [2.75, 3.05) is 0 Å². The predicted octanol–water partition coefficient (Wildman–Crippen LogP) is 1.14. The van der Waals surface area contributed by atoms with E-state index in [-0.39, 0.29) is 23.3 Å². The molecule has 3 aromatic rings. The molecule has 0 unspecified atom stereocenters. The van der Waals surface area contributed by atoms with Gasteiger partial charge in [0.15, 0.2) is 5.82 Å². The topological polar surface area (TPSA) is 122 Å². The molecule has 2 heterocycles. The molecule has 0 aliphatic carbocycles. The van der Waals surface area contributed by atoms with E-state index in [4.69, 9.17) is 0 Å². The third kappa shape index (κ3) is 2.98. The average molecular weight is 329 g/mol. The smallest absolute Gasteiger partial charge is 0.271 e. The first kappa shape index (κ1) is 15.7. The SMILES string of the molecule is CCCCn1nnnc1Cn1cnc2cc([N+](=O)[O-])ccc2c1=O. The van der Waals surface area contributed by atoms with Gasteiger partial charge in [-0.15, -0.1) is 5.10 Å². The lowest BCUT2D eigenvalue weighted by Crippen LogP contribution is -2.23. The summed E-state index contributed by atoms with van der Waals surface area (Å²) in [7, 11) is 0. The van der Waals surface area contributed by atoms with Gasteiger partial charge in [-0.3, -0.25) is 19.5 Å². The van der Waals surface area contributed by atoms with Crippen LogP contribution in [0.1, 0.15) is 25.6 Å². The summed E-state index contributed by atoms with van der Waals surface area (Å²) < 4.78 is 3.05. The summed E-state index contributed by atoms with van der Waals surface area (Å²) in [5.74, 6) is 0.564. The summed E-state index contributed by atoms with van der Waals surface area (Å²) in [6.45, 7) is 2.94. The van der Waals surface area contributed by atoms with Crippen LogP contribution in [0.5, 0.6) is 0 Å². The first-order valence-electron chi connectivity index (χ1n) is 7.48. The Bertz CT molecular complexity index is 947. The molecular weight excluding hydrogens is 314 g/mol. The molecule has 0 amide bonds. The second kappa shape index (κ2) is 6.52. The van der Waals surface area contributed by atoms with Crippen LogP contribution in [-0.4, -0.2) is 34.7 Å². The van der Waals surface area contributed by atoms with Crippen molar-refractivity contribution in [3.8, 4) is 0 Å². The van der Waals surface area contributed by atoms with Crippen LogP contribution in [0.4, 0.5) is 5.69 Å². The van der Waals surface area contributed by atoms with E-state index in [0.29, 0.717) is 17.8 Å². The van der Waals surface area contributed by atoms with Crippen molar-refractivity contribution in [3.63, 3.8) is 0 Å². The van der Waals surface area contributed by atoms with Crippen molar-refractivity contribution >= 4 is 16.6 Å². The van der Waals surface area contributed by atoms with E-state index < -0.39 is 4.92 Å². The molecule has 24 heavy (non-hydrogen) atoms. The van der Waals surface area contributed by atoms with Crippen molar-refractivity contribution in [2.24, 2.45) is 0 Å². The normalized spacial score (nSPS) is 11.0. The minimum absolute atomic E-state index is 0.101. The second-order valence-corrected chi connectivity index (χ2v) is 5.31. The zero-order valence-electron chi connectivity index (χ0n) is 13.0. The highest BCUT2D eigenvalue weighted by Gasteiger charge is 2.12. The highest BCUT2D eigenvalue weighted by atomic mass is 16.6. The molecule has 0 saturated carbocycles. The zero-order chi connectivity index (χ0) is 17.1. The quantitative estimate of drug-likeness (QED) is 0.491. The van der Waals surface area contributed by atoms with Crippen LogP contribution in [0.15, 0.2) is 29.3 Å². The number of nitro groups is 1. The lowest BCUT2D eigenvalue weighted by Gasteiger charge is -2.07. The molecule has 0 atom stereocenters. The lowest BCUT2D eigenvalue weighted by molar-refractivity contribution is -0.384. The Morgan fingerprint density at radius 2 is 2.17 bits per heavy atom. The van der Waals surface area contributed by atoms with Crippen LogP contribution < -0.4 is 5.56 Å². The Balaban J connectivity index is 1.95. The molecule has 0 aliphatic heterocycles. The van der Waals surface area contributed by atoms with E-state index in [0.717, 1.165) is 12.8 Å². The number of rotatable bonds is 6. The third-order valence-corrected chi connectivity index (χ3v) is 3.66. The highest BCUT2D eigenvalue weighted by Crippen LogP contribution is 2.16. The summed E-state index contributed by atoms with van der Waals surface area (Å²) in [5.41, 5.74) is -0.105. The highest BCUT2D eigenvalue weighted by molar-refractivity contribution is 5.79. The number of nitrogens with zero attached hydrogens (tertiary/aromatic N) is 7. The van der Waals surface area contributed by atoms with Gasteiger partial charge in [0.25, 0.3) is 11.2 Å². The number of hydrogen-bond donors (Lipinski definition) is 0. The Morgan fingerprint density at radius 3 is 2.92 bits per heavy atom. The molecule has 3 rings (SSSR count). The Morgan fingerprint density at radius 1 is 1.33 bits per heavy atom. The number of benzene rings is 1. The largest absolute Gasteiger partial charge is 0.291 e. The molecule has 0 aliphatic rings. The molecule has 0 fully saturated rings. The van der Waals surface area contributed by atoms with Crippen molar-refractivity contribution < 1.29 is 4.92 Å². The molecule has 0 spiro atoms. The zero-order valence-corrected chi connectivity index (χ0v) is 13.0. The van der Waals surface area contributed by atoms with Gasteiger partial charge in [-0.1, -0.05) is 13.3 Å². The Labute approximate surface area is 135 Å². The Kier molecular flexibility index (Phi) is 4.27. The van der Waals surface area contributed by atoms with Gasteiger partial charge >= 0.3 is 0 Å². The van der Waals surface area contributed by atoms with Crippen molar-refractivity contribution in [2.45, 2.75) is 32.9 Å². The van der Waals surface area contributed by atoms with E-state index >= 15 is 0 Å². The number of aryl methyl sites for hydroxylation is 1. The van der Waals surface area contributed by atoms with Crippen molar-refractivity contribution in [1.82, 2.24) is 29.8 Å². The molecule has 1 aromatic carbocycles. The third-order valence-electron chi connectivity index (χ3n) is 3.66. The number of aromatic nitrogens is 6. The molecule has 0 N–H and O–H groups in total. The maximum atomic E-state index is 12.5. The molecule has 10 nitrogen and oxygen atoms in total. The summed E-state index contributed by atoms with van der Waals surface area (Å²) >= 11 is 0. The molecule has 0 radical (unpaired) electrons. The number of fused-ring (bicyclic) bond motifs is 1. The van der Waals surface area contributed by atoms with Crippen LogP contribution in [-0.2, 0) is 13.1 Å². The molecular formula is C14H15N7O3. The van der Waals surface area contributed by atoms with Gasteiger partial charge in [0.1, 0.15) is 0 Å². The van der Waals surface area contributed by atoms with Crippen LogP contribution in [0, 0.1) is 10.1 Å². The number of unbranched alkanes of at least 4 members (excludes halogenated alkanes) is 1. The van der Waals surface area contributed by atoms with Gasteiger partial charge in [0.2, 0.25) is 0 Å². The first-order chi connectivity index (χ1) is 11.6. The minimum atomic E-state index is -0.519. The van der Waals surface area contributed by atoms with Gasteiger partial charge in [0, 0.05) is 18.7 Å². The van der Waals surface area contributed by atoms with E-state index in [1.54, 1.807) is 4.68 Å². The fraction of sp³-hybridized carbons (Fsp3) is 0.357. The van der Waals surface area contributed by atoms with Gasteiger partial charge < -0.3 is 0 Å². The minimum Gasteiger partial charge on any atom is -0.291 e. The van der Waals surface area contributed by atoms with Crippen LogP contribution in [0.25, 0.3) is 10.9 Å². The van der Waals surface area contributed by atoms with Crippen LogP contribution in [0.2, 0.25) is 0 Å². The van der Waals surface area contributed by atoms with Crippen molar-refractivity contribution in [1.29, 1.82) is 0 Å². The maximum absolute atomic E-state index is 12.5. The number of non-ortho nitro benzene ring substituents is 1. The van der Waals surface area contributed by atoms with E-state index in [1.165, 1.54) is 29.1 Å². The first-order valence-corrected chi connectivity index (χ1v) is 7.48. The van der Waals surface area contributed by atoms with E-state index in [9.17, 15) is 14.9 Å². The van der Waals surface area contributed by atoms with E-state index in [1.807, 2.05) is 0 Å². The summed E-state index contributed by atoms with van der Waals surface area (Å²) in [6.07, 6.45) is 3.30. The predicted molar refractivity (Wildman–Crippen MR) is 84.5 cm³/mol. The van der Waals surface area contributed by atoms with Gasteiger partial charge in [0.05, 0.1) is 28.7 Å². The summed E-state index contributed by atoms with van der Waals surface area (Å²) in [4.78, 5) is 27.0. The number of hydrogen-bond acceptors (Lipinski definition) is 7. The number of nitro benzene ring substituents is 1. The van der Waals surface area contributed by atoms with Gasteiger partial charge in [-0.05, 0) is 22.9 Å². The fourth-order valence-corrected chi connectivity index (χ4v) is 2.34. The Hall–Kier alpha value is -3.17. The van der Waals surface area contributed by atoms with Crippen LogP contribution >= 0.6 is 0 Å². The van der Waals surface area contributed by atoms with Gasteiger partial charge in [-0.2, -0.15) is 0 Å². The summed E-state index contributed by atoms with van der Waals surface area (Å²) in [6, 6.07) is 3.99. The molecule has 0 saturated heterocycles. The van der Waals surface area contributed by atoms with E-state index in [2.05, 4.69) is 27.4 Å². The van der Waals surface area contributed by atoms with Crippen molar-refractivity contribution in [3.05, 3.63) is 50.8 Å². The average Bonchev–Trinajstić information content (AvgIpc) is 3.02. The standard InChI is InChI=1S/C14H15N7O3/c1-2-3-6-20-13(16-17-18-20)8-19-9-15-12-7-10(21(23)24)4-5-11(12)14(19)22/h4-5,7,9H,2-3,6,8H2,1H3. The molecule has 0 bridgehead atoms. The number of tetrazole rings is 1. The summed E-state index contributed by atoms with van der Waals surface area (Å²) in [5, 5.41) is 22.6. The van der Waals surface area contributed by atoms with Gasteiger partial charge in [-0.25, -0.2) is 9.67 Å². The lowest BCUT2D eigenvalue weighted by atomic mass is 10.2.